The maximum atomic E-state index is 11.4. The highest BCUT2D eigenvalue weighted by Crippen LogP contribution is 2.71. The minimum atomic E-state index is -1.71. The molecule has 4 aliphatic carbocycles. The van der Waals surface area contributed by atoms with Crippen molar-refractivity contribution in [3.8, 4) is 0 Å². The molecule has 0 radical (unpaired) electrons. The van der Waals surface area contributed by atoms with Crippen LogP contribution in [0.3, 0.4) is 0 Å². The summed E-state index contributed by atoms with van der Waals surface area (Å²) in [6, 6.07) is 0. The van der Waals surface area contributed by atoms with Gasteiger partial charge in [-0.3, -0.25) is 0 Å². The van der Waals surface area contributed by atoms with Crippen LogP contribution in [0.2, 0.25) is 0 Å². The van der Waals surface area contributed by atoms with Crippen LogP contribution in [0, 0.1) is 46.3 Å². The van der Waals surface area contributed by atoms with Crippen molar-refractivity contribution in [2.45, 2.75) is 190 Å². The fraction of sp³-hybridized carbons (Fsp3) is 0.953. The molecule has 8 N–H and O–H groups in total. The summed E-state index contributed by atoms with van der Waals surface area (Å²) < 4.78 is 50.6. The molecule has 5 saturated heterocycles. The first-order chi connectivity index (χ1) is 28.0. The summed E-state index contributed by atoms with van der Waals surface area (Å²) in [6.45, 7) is 10.9. The van der Waals surface area contributed by atoms with Gasteiger partial charge in [0.2, 0.25) is 0 Å². The molecule has 5 aliphatic heterocycles. The van der Waals surface area contributed by atoms with E-state index in [0.717, 1.165) is 50.7 Å². The molecule has 8 fully saturated rings. The van der Waals surface area contributed by atoms with Gasteiger partial charge < -0.3 is 78.7 Å². The number of hydrogen-bond donors (Lipinski definition) is 8. The number of fused-ring (bicyclic) bond motifs is 7. The molecular weight excluding hydrogens is 772 g/mol. The van der Waals surface area contributed by atoms with Crippen LogP contribution in [0.25, 0.3) is 0 Å². The lowest BCUT2D eigenvalue weighted by atomic mass is 9.46. The molecule has 3 saturated carbocycles. The molecule has 9 aliphatic rings. The summed E-state index contributed by atoms with van der Waals surface area (Å²) in [7, 11) is 0. The van der Waals surface area contributed by atoms with Gasteiger partial charge in [-0.2, -0.15) is 0 Å². The van der Waals surface area contributed by atoms with Crippen LogP contribution in [0.5, 0.6) is 0 Å². The van der Waals surface area contributed by atoms with E-state index in [9.17, 15) is 40.9 Å². The number of rotatable bonds is 6. The minimum absolute atomic E-state index is 0.0744. The predicted molar refractivity (Wildman–Crippen MR) is 204 cm³/mol. The van der Waals surface area contributed by atoms with E-state index < -0.39 is 103 Å². The van der Waals surface area contributed by atoms with E-state index in [1.54, 1.807) is 0 Å². The molecule has 1 spiro atoms. The average molecular weight is 841 g/mol. The van der Waals surface area contributed by atoms with E-state index >= 15 is 0 Å². The van der Waals surface area contributed by atoms with Crippen molar-refractivity contribution in [3.05, 3.63) is 11.6 Å². The Kier molecular flexibility index (Phi) is 11.7. The van der Waals surface area contributed by atoms with Gasteiger partial charge in [0.15, 0.2) is 24.7 Å². The van der Waals surface area contributed by atoms with E-state index in [2.05, 4.69) is 33.8 Å². The van der Waals surface area contributed by atoms with E-state index in [-0.39, 0.29) is 36.6 Å². The summed E-state index contributed by atoms with van der Waals surface area (Å²) in [5.41, 5.74) is 0.698. The molecule has 16 nitrogen and oxygen atoms in total. The Morgan fingerprint density at radius 2 is 1.41 bits per heavy atom. The fourth-order valence-corrected chi connectivity index (χ4v) is 13.6. The second kappa shape index (κ2) is 16.0. The number of hydrogen-bond acceptors (Lipinski definition) is 16. The topological polar surface area (TPSA) is 236 Å². The Bertz CT molecular complexity index is 1540. The lowest BCUT2D eigenvalue weighted by molar-refractivity contribution is -0.382. The lowest BCUT2D eigenvalue weighted by Gasteiger charge is -2.60. The molecule has 9 rings (SSSR count). The summed E-state index contributed by atoms with van der Waals surface area (Å²) >= 11 is 0. The molecule has 0 amide bonds. The molecule has 0 aromatic heterocycles. The van der Waals surface area contributed by atoms with E-state index in [4.69, 9.17) is 37.9 Å². The Morgan fingerprint density at radius 3 is 2.15 bits per heavy atom. The third-order valence-corrected chi connectivity index (χ3v) is 17.0. The SMILES string of the molecule is CC1C2C(CC3C4CC=C5C[C@@H](O)C[C@@H](O[C@@H]6OC[C@H](O)[C@H](O[C@@H]7OC[C@@H](O)[C@H](O)[C@@H]7O)[C@H]6O[C@@H]6O[C@@H](C)[C@H](O)[C@@H](O)[C@H]6O)[C@]5(C)C4CC[C@@]32C)O[C@]12CC[C@@H](C)CO2. The fourth-order valence-electron chi connectivity index (χ4n) is 13.6. The van der Waals surface area contributed by atoms with Crippen LogP contribution in [-0.4, -0.2) is 165 Å². The van der Waals surface area contributed by atoms with Gasteiger partial charge in [0.05, 0.1) is 44.2 Å². The van der Waals surface area contributed by atoms with Crippen LogP contribution >= 0.6 is 0 Å². The highest BCUT2D eigenvalue weighted by atomic mass is 16.8. The van der Waals surface area contributed by atoms with E-state index in [1.165, 1.54) is 6.92 Å². The Balaban J connectivity index is 0.993. The van der Waals surface area contributed by atoms with Crippen molar-refractivity contribution in [1.82, 2.24) is 0 Å². The van der Waals surface area contributed by atoms with Gasteiger partial charge in [-0.1, -0.05) is 39.3 Å². The maximum absolute atomic E-state index is 11.4. The summed E-state index contributed by atoms with van der Waals surface area (Å²) in [4.78, 5) is 0. The highest BCUT2D eigenvalue weighted by molar-refractivity contribution is 5.29. The minimum Gasteiger partial charge on any atom is -0.393 e. The van der Waals surface area contributed by atoms with Crippen molar-refractivity contribution >= 4 is 0 Å². The van der Waals surface area contributed by atoms with Crippen molar-refractivity contribution in [3.63, 3.8) is 0 Å². The number of allylic oxidation sites excluding steroid dienone is 1. The van der Waals surface area contributed by atoms with E-state index in [0.29, 0.717) is 36.5 Å². The smallest absolute Gasteiger partial charge is 0.187 e. The maximum Gasteiger partial charge on any atom is 0.187 e. The second-order valence-electron chi connectivity index (χ2n) is 20.3. The molecule has 5 heterocycles. The largest absolute Gasteiger partial charge is 0.393 e. The number of aliphatic hydroxyl groups excluding tert-OH is 8. The van der Waals surface area contributed by atoms with Crippen molar-refractivity contribution in [1.29, 1.82) is 0 Å². The van der Waals surface area contributed by atoms with Gasteiger partial charge in [-0.05, 0) is 80.5 Å². The van der Waals surface area contributed by atoms with Gasteiger partial charge in [0, 0.05) is 24.2 Å². The highest BCUT2D eigenvalue weighted by Gasteiger charge is 2.69. The second-order valence-corrected chi connectivity index (χ2v) is 20.3. The average Bonchev–Trinajstić information content (AvgIpc) is 3.65. The van der Waals surface area contributed by atoms with Crippen LogP contribution in [-0.2, 0) is 37.9 Å². The third-order valence-electron chi connectivity index (χ3n) is 17.0. The quantitative estimate of drug-likeness (QED) is 0.170. The Morgan fingerprint density at radius 1 is 0.695 bits per heavy atom. The Hall–Kier alpha value is -0.900. The van der Waals surface area contributed by atoms with Crippen LogP contribution in [0.15, 0.2) is 11.6 Å². The molecule has 16 heteroatoms. The number of aliphatic hydroxyl groups is 8. The van der Waals surface area contributed by atoms with Crippen LogP contribution < -0.4 is 0 Å². The first-order valence-corrected chi connectivity index (χ1v) is 22.3. The summed E-state index contributed by atoms with van der Waals surface area (Å²) in [5, 5.41) is 86.2. The van der Waals surface area contributed by atoms with Gasteiger partial charge in [-0.25, -0.2) is 0 Å². The molecule has 59 heavy (non-hydrogen) atoms. The van der Waals surface area contributed by atoms with E-state index in [1.807, 2.05) is 0 Å². The summed E-state index contributed by atoms with van der Waals surface area (Å²) in [6.07, 6.45) is -10.9. The molecule has 336 valence electrons. The molecule has 0 aromatic rings. The molecule has 0 aromatic carbocycles. The molecule has 25 atom stereocenters. The first-order valence-electron chi connectivity index (χ1n) is 22.3. The van der Waals surface area contributed by atoms with Gasteiger partial charge in [0.25, 0.3) is 0 Å². The molecule has 6 unspecified atom stereocenters. The predicted octanol–water partition coefficient (Wildman–Crippen LogP) is 0.463. The van der Waals surface area contributed by atoms with Crippen molar-refractivity contribution in [2.24, 2.45) is 46.3 Å². The van der Waals surface area contributed by atoms with Crippen LogP contribution in [0.4, 0.5) is 0 Å². The zero-order chi connectivity index (χ0) is 41.9. The third kappa shape index (κ3) is 7.02. The molecular formula is C43H68O16. The number of ether oxygens (including phenoxy) is 8. The van der Waals surface area contributed by atoms with Gasteiger partial charge in [0.1, 0.15) is 54.9 Å². The van der Waals surface area contributed by atoms with Crippen LogP contribution in [0.1, 0.15) is 86.0 Å². The standard InChI is InChI=1S/C43H68O16/c1-18-8-11-43(54-15-18)19(2)30-28(59-43)14-25-23-7-6-21-12-22(44)13-29(42(21,5)24(23)9-10-41(25,30)4)56-40-37(58-39-35(51)33(49)31(47)20(3)55-39)36(27(46)17-53-40)57-38-34(50)32(48)26(45)16-52-38/h6,18-20,22-40,44-51H,7-17H2,1-5H3/t18-,19?,20+,22-,23?,24?,25?,26-,27+,28?,29-,30?,31+,32+,33-,34+,35-,36+,37-,38+,39+,40+,41+,42+,43-/m1/s1. The van der Waals surface area contributed by atoms with Crippen molar-refractivity contribution < 1.29 is 78.7 Å². The summed E-state index contributed by atoms with van der Waals surface area (Å²) in [5.74, 6) is 1.70. The normalized spacial score (nSPS) is 58.7. The van der Waals surface area contributed by atoms with Crippen molar-refractivity contribution in [2.75, 3.05) is 19.8 Å². The lowest BCUT2D eigenvalue weighted by Crippen LogP contribution is -2.65. The monoisotopic (exact) mass is 840 g/mol. The molecule has 0 bridgehead atoms. The Labute approximate surface area is 346 Å². The first kappa shape index (κ1) is 43.4. The van der Waals surface area contributed by atoms with Gasteiger partial charge in [-0.15, -0.1) is 0 Å². The van der Waals surface area contributed by atoms with Gasteiger partial charge >= 0.3 is 0 Å². The zero-order valence-corrected chi connectivity index (χ0v) is 34.9. The zero-order valence-electron chi connectivity index (χ0n) is 34.9.